The molecular formula is C21H14FN3O4. The Labute approximate surface area is 164 Å². The third-order valence-electron chi connectivity index (χ3n) is 4.07. The predicted molar refractivity (Wildman–Crippen MR) is 104 cm³/mol. The van der Waals surface area contributed by atoms with Crippen LogP contribution in [0.5, 0.6) is 0 Å². The summed E-state index contributed by atoms with van der Waals surface area (Å²) in [5.74, 6) is -0.393. The van der Waals surface area contributed by atoms with Crippen LogP contribution in [0.15, 0.2) is 64.6 Å². The van der Waals surface area contributed by atoms with Crippen molar-refractivity contribution >= 4 is 23.4 Å². The van der Waals surface area contributed by atoms with Gasteiger partial charge >= 0.3 is 0 Å². The first-order chi connectivity index (χ1) is 13.9. The number of aryl methyl sites for hydroxylation is 1. The zero-order chi connectivity index (χ0) is 21.0. The molecule has 144 valence electrons. The number of nitro groups is 1. The molecule has 2 aromatic carbocycles. The van der Waals surface area contributed by atoms with Gasteiger partial charge in [-0.3, -0.25) is 14.9 Å². The summed E-state index contributed by atoms with van der Waals surface area (Å²) in [7, 11) is 0. The quantitative estimate of drug-likeness (QED) is 0.289. The molecule has 1 aromatic heterocycles. The Hall–Kier alpha value is -4.25. The molecule has 3 rings (SSSR count). The molecule has 0 bridgehead atoms. The zero-order valence-corrected chi connectivity index (χ0v) is 15.2. The summed E-state index contributed by atoms with van der Waals surface area (Å²) in [5, 5.41) is 22.6. The van der Waals surface area contributed by atoms with Gasteiger partial charge in [0, 0.05) is 29.5 Å². The van der Waals surface area contributed by atoms with Crippen LogP contribution in [-0.2, 0) is 4.79 Å². The molecular weight excluding hydrogens is 377 g/mol. The normalized spacial score (nSPS) is 11.0. The van der Waals surface area contributed by atoms with Crippen LogP contribution >= 0.6 is 0 Å². The summed E-state index contributed by atoms with van der Waals surface area (Å²) >= 11 is 0. The van der Waals surface area contributed by atoms with E-state index in [9.17, 15) is 24.6 Å². The van der Waals surface area contributed by atoms with Gasteiger partial charge in [0.05, 0.1) is 4.92 Å². The topological polar surface area (TPSA) is 109 Å². The van der Waals surface area contributed by atoms with E-state index >= 15 is 0 Å². The number of furan rings is 1. The van der Waals surface area contributed by atoms with E-state index in [1.807, 2.05) is 0 Å². The highest BCUT2D eigenvalue weighted by Crippen LogP contribution is 2.29. The Morgan fingerprint density at radius 3 is 2.55 bits per heavy atom. The second-order valence-corrected chi connectivity index (χ2v) is 6.09. The minimum atomic E-state index is -0.663. The lowest BCUT2D eigenvalue weighted by Crippen LogP contribution is -2.13. The molecule has 0 radical (unpaired) electrons. The SMILES string of the molecule is Cc1cc([N+](=O)[O-])ccc1-c1ccc(C=C(C#N)C(=O)Nc2ccc(F)cc2)o1. The second-order valence-electron chi connectivity index (χ2n) is 6.09. The van der Waals surface area contributed by atoms with Crippen molar-refractivity contribution in [3.63, 3.8) is 0 Å². The molecule has 0 aliphatic carbocycles. The summed E-state index contributed by atoms with van der Waals surface area (Å²) in [5.41, 5.74) is 1.43. The maximum Gasteiger partial charge on any atom is 0.269 e. The number of hydrogen-bond acceptors (Lipinski definition) is 5. The lowest BCUT2D eigenvalue weighted by atomic mass is 10.1. The first-order valence-electron chi connectivity index (χ1n) is 8.41. The van der Waals surface area contributed by atoms with Gasteiger partial charge in [-0.25, -0.2) is 4.39 Å². The van der Waals surface area contributed by atoms with E-state index in [-0.39, 0.29) is 17.0 Å². The Morgan fingerprint density at radius 1 is 1.21 bits per heavy atom. The van der Waals surface area contributed by atoms with Crippen molar-refractivity contribution in [1.82, 2.24) is 0 Å². The van der Waals surface area contributed by atoms with E-state index in [0.717, 1.165) is 0 Å². The Balaban J connectivity index is 1.82. The molecule has 7 nitrogen and oxygen atoms in total. The number of benzene rings is 2. The molecule has 0 atom stereocenters. The van der Waals surface area contributed by atoms with Crippen molar-refractivity contribution in [3.8, 4) is 17.4 Å². The lowest BCUT2D eigenvalue weighted by Gasteiger charge is -2.04. The number of nitrogens with zero attached hydrogens (tertiary/aromatic N) is 2. The fourth-order valence-corrected chi connectivity index (χ4v) is 2.64. The van der Waals surface area contributed by atoms with Gasteiger partial charge in [0.2, 0.25) is 0 Å². The highest BCUT2D eigenvalue weighted by molar-refractivity contribution is 6.09. The van der Waals surface area contributed by atoms with E-state index in [1.165, 1.54) is 42.5 Å². The number of carbonyl (C=O) groups is 1. The number of halogens is 1. The van der Waals surface area contributed by atoms with Gasteiger partial charge in [-0.15, -0.1) is 0 Å². The Kier molecular flexibility index (Phi) is 5.51. The van der Waals surface area contributed by atoms with Crippen LogP contribution in [-0.4, -0.2) is 10.8 Å². The van der Waals surface area contributed by atoms with Gasteiger partial charge in [-0.2, -0.15) is 5.26 Å². The van der Waals surface area contributed by atoms with Crippen LogP contribution in [0.3, 0.4) is 0 Å². The van der Waals surface area contributed by atoms with Gasteiger partial charge in [-0.1, -0.05) is 0 Å². The predicted octanol–water partition coefficient (Wildman–Crippen LogP) is 4.85. The number of carbonyl (C=O) groups excluding carboxylic acids is 1. The summed E-state index contributed by atoms with van der Waals surface area (Å²) in [6.45, 7) is 1.72. The van der Waals surface area contributed by atoms with Crippen molar-refractivity contribution in [1.29, 1.82) is 5.26 Å². The number of hydrogen-bond donors (Lipinski definition) is 1. The fourth-order valence-electron chi connectivity index (χ4n) is 2.64. The van der Waals surface area contributed by atoms with E-state index in [0.29, 0.717) is 22.6 Å². The summed E-state index contributed by atoms with van der Waals surface area (Å²) in [6, 6.07) is 14.6. The van der Waals surface area contributed by atoms with E-state index in [4.69, 9.17) is 4.42 Å². The minimum absolute atomic E-state index is 0.0258. The second kappa shape index (κ2) is 8.19. The minimum Gasteiger partial charge on any atom is -0.457 e. The third-order valence-corrected chi connectivity index (χ3v) is 4.07. The van der Waals surface area contributed by atoms with Crippen LogP contribution in [0.25, 0.3) is 17.4 Å². The van der Waals surface area contributed by atoms with Crippen molar-refractivity contribution in [2.45, 2.75) is 6.92 Å². The molecule has 1 heterocycles. The van der Waals surface area contributed by atoms with Crippen LogP contribution in [0.2, 0.25) is 0 Å². The summed E-state index contributed by atoms with van der Waals surface area (Å²) < 4.78 is 18.6. The first kappa shape index (κ1) is 19.5. The molecule has 1 amide bonds. The fraction of sp³-hybridized carbons (Fsp3) is 0.0476. The number of nitriles is 1. The van der Waals surface area contributed by atoms with Crippen LogP contribution in [0.1, 0.15) is 11.3 Å². The van der Waals surface area contributed by atoms with Crippen LogP contribution in [0, 0.1) is 34.2 Å². The molecule has 3 aromatic rings. The van der Waals surface area contributed by atoms with Crippen LogP contribution < -0.4 is 5.32 Å². The lowest BCUT2D eigenvalue weighted by molar-refractivity contribution is -0.384. The van der Waals surface area contributed by atoms with Crippen LogP contribution in [0.4, 0.5) is 15.8 Å². The molecule has 0 unspecified atom stereocenters. The largest absolute Gasteiger partial charge is 0.457 e. The van der Waals surface area contributed by atoms with Crippen molar-refractivity contribution in [3.05, 3.63) is 87.4 Å². The Morgan fingerprint density at radius 2 is 1.93 bits per heavy atom. The summed E-state index contributed by atoms with van der Waals surface area (Å²) in [4.78, 5) is 22.6. The number of rotatable bonds is 5. The molecule has 8 heteroatoms. The summed E-state index contributed by atoms with van der Waals surface area (Å²) in [6.07, 6.45) is 1.28. The zero-order valence-electron chi connectivity index (χ0n) is 15.2. The molecule has 0 fully saturated rings. The number of nitrogens with one attached hydrogen (secondary N) is 1. The third kappa shape index (κ3) is 4.54. The molecule has 0 aliphatic heterocycles. The average molecular weight is 391 g/mol. The van der Waals surface area contributed by atoms with Gasteiger partial charge in [0.25, 0.3) is 11.6 Å². The first-order valence-corrected chi connectivity index (χ1v) is 8.41. The monoisotopic (exact) mass is 391 g/mol. The van der Waals surface area contributed by atoms with Crippen molar-refractivity contribution in [2.75, 3.05) is 5.32 Å². The van der Waals surface area contributed by atoms with E-state index in [1.54, 1.807) is 31.2 Å². The maximum atomic E-state index is 12.9. The molecule has 1 N–H and O–H groups in total. The number of non-ortho nitro benzene ring substituents is 1. The molecule has 0 saturated carbocycles. The number of nitro benzene ring substituents is 1. The van der Waals surface area contributed by atoms with Gasteiger partial charge in [-0.05, 0) is 55.0 Å². The Bertz CT molecular complexity index is 1160. The smallest absolute Gasteiger partial charge is 0.269 e. The van der Waals surface area contributed by atoms with E-state index < -0.39 is 16.6 Å². The standard InChI is InChI=1S/C21H14FN3O4/c1-13-10-17(25(27)28)6-8-19(13)20-9-7-18(29-20)11-14(12-23)21(26)24-16-4-2-15(22)3-5-16/h2-11H,1H3,(H,24,26). The number of anilines is 1. The molecule has 0 saturated heterocycles. The maximum absolute atomic E-state index is 12.9. The van der Waals surface area contributed by atoms with E-state index in [2.05, 4.69) is 5.32 Å². The molecule has 0 spiro atoms. The van der Waals surface area contributed by atoms with Gasteiger partial charge in [0.15, 0.2) is 0 Å². The molecule has 0 aliphatic rings. The average Bonchev–Trinajstić information content (AvgIpc) is 3.16. The highest BCUT2D eigenvalue weighted by atomic mass is 19.1. The van der Waals surface area contributed by atoms with Crippen molar-refractivity contribution < 1.29 is 18.5 Å². The van der Waals surface area contributed by atoms with Gasteiger partial charge < -0.3 is 9.73 Å². The number of amides is 1. The highest BCUT2D eigenvalue weighted by Gasteiger charge is 2.14. The molecule has 29 heavy (non-hydrogen) atoms. The van der Waals surface area contributed by atoms with Gasteiger partial charge in [0.1, 0.15) is 29.0 Å². The van der Waals surface area contributed by atoms with Crippen molar-refractivity contribution in [2.24, 2.45) is 0 Å².